The minimum atomic E-state index is -3.31. The number of piperidine rings is 1. The number of nitrogens with one attached hydrogen (secondary N) is 1. The summed E-state index contributed by atoms with van der Waals surface area (Å²) in [6, 6.07) is 5.02. The highest BCUT2D eigenvalue weighted by Crippen LogP contribution is 2.34. The molecular weight excluding hydrogens is 414 g/mol. The third kappa shape index (κ3) is 4.05. The van der Waals surface area contributed by atoms with E-state index in [-0.39, 0.29) is 25.8 Å². The maximum Gasteiger partial charge on any atom is 0.346 e. The van der Waals surface area contributed by atoms with Gasteiger partial charge in [0, 0.05) is 37.8 Å². The molecule has 1 amide bonds. The standard InChI is InChI=1S/C18H23N5O6S/c1-21-17(12-4-3-7-22(9-12)30(2,26)27)20-23(18(21)25)10-16(24)19-13-5-6-14-15(8-13)29-11-28-14/h5-6,8,12H,3-4,7,9-11H2,1-2H3,(H,19,24)/t12-/m1/s1. The second kappa shape index (κ2) is 7.76. The number of sulfonamides is 1. The molecule has 0 bridgehead atoms. The van der Waals surface area contributed by atoms with Gasteiger partial charge in [0.25, 0.3) is 0 Å². The first kappa shape index (κ1) is 20.4. The predicted octanol–water partition coefficient (Wildman–Crippen LogP) is 0.0882. The lowest BCUT2D eigenvalue weighted by Gasteiger charge is -2.30. The number of carbonyl (C=O) groups excluding carboxylic acids is 1. The summed E-state index contributed by atoms with van der Waals surface area (Å²) in [5.41, 5.74) is 0.0897. The summed E-state index contributed by atoms with van der Waals surface area (Å²) in [5, 5.41) is 7.04. The smallest absolute Gasteiger partial charge is 0.346 e. The minimum Gasteiger partial charge on any atom is -0.454 e. The van der Waals surface area contributed by atoms with Crippen LogP contribution in [-0.2, 0) is 28.4 Å². The van der Waals surface area contributed by atoms with E-state index in [1.807, 2.05) is 0 Å². The molecule has 12 heteroatoms. The van der Waals surface area contributed by atoms with Crippen molar-refractivity contribution < 1.29 is 22.7 Å². The van der Waals surface area contributed by atoms with Gasteiger partial charge in [-0.2, -0.15) is 5.10 Å². The molecule has 162 valence electrons. The van der Waals surface area contributed by atoms with Gasteiger partial charge in [0.15, 0.2) is 11.5 Å². The predicted molar refractivity (Wildman–Crippen MR) is 107 cm³/mol. The van der Waals surface area contributed by atoms with Crippen molar-refractivity contribution in [3.63, 3.8) is 0 Å². The van der Waals surface area contributed by atoms with Crippen molar-refractivity contribution >= 4 is 21.6 Å². The lowest BCUT2D eigenvalue weighted by molar-refractivity contribution is -0.117. The number of anilines is 1. The first-order valence-electron chi connectivity index (χ1n) is 9.51. The zero-order valence-electron chi connectivity index (χ0n) is 16.7. The molecule has 2 aromatic rings. The average molecular weight is 437 g/mol. The number of hydrogen-bond donors (Lipinski definition) is 1. The van der Waals surface area contributed by atoms with E-state index in [0.29, 0.717) is 36.0 Å². The van der Waals surface area contributed by atoms with Crippen LogP contribution in [0.2, 0.25) is 0 Å². The van der Waals surface area contributed by atoms with E-state index in [0.717, 1.165) is 11.1 Å². The Morgan fingerprint density at radius 2 is 2.07 bits per heavy atom. The van der Waals surface area contributed by atoms with Crippen LogP contribution >= 0.6 is 0 Å². The van der Waals surface area contributed by atoms with Crippen LogP contribution in [0.25, 0.3) is 0 Å². The largest absolute Gasteiger partial charge is 0.454 e. The molecule has 1 fully saturated rings. The van der Waals surface area contributed by atoms with Gasteiger partial charge in [-0.25, -0.2) is 22.2 Å². The van der Waals surface area contributed by atoms with Crippen LogP contribution < -0.4 is 20.5 Å². The van der Waals surface area contributed by atoms with Gasteiger partial charge in [0.1, 0.15) is 12.4 Å². The Morgan fingerprint density at radius 3 is 2.83 bits per heavy atom. The molecule has 1 N–H and O–H groups in total. The van der Waals surface area contributed by atoms with Crippen LogP contribution in [0, 0.1) is 0 Å². The molecule has 1 saturated heterocycles. The summed E-state index contributed by atoms with van der Waals surface area (Å²) >= 11 is 0. The van der Waals surface area contributed by atoms with Gasteiger partial charge in [-0.05, 0) is 25.0 Å². The monoisotopic (exact) mass is 437 g/mol. The van der Waals surface area contributed by atoms with E-state index in [2.05, 4.69) is 10.4 Å². The van der Waals surface area contributed by atoms with Crippen LogP contribution in [-0.4, -0.2) is 59.1 Å². The normalized spacial score (nSPS) is 19.1. The van der Waals surface area contributed by atoms with E-state index >= 15 is 0 Å². The summed E-state index contributed by atoms with van der Waals surface area (Å²) in [6.07, 6.45) is 2.58. The Labute approximate surface area is 173 Å². The van der Waals surface area contributed by atoms with Crippen molar-refractivity contribution in [1.29, 1.82) is 0 Å². The Bertz CT molecular complexity index is 1140. The average Bonchev–Trinajstić information content (AvgIpc) is 3.27. The zero-order chi connectivity index (χ0) is 21.5. The van der Waals surface area contributed by atoms with Crippen molar-refractivity contribution in [2.24, 2.45) is 7.05 Å². The van der Waals surface area contributed by atoms with E-state index < -0.39 is 21.6 Å². The molecule has 0 saturated carbocycles. The molecule has 1 aromatic heterocycles. The number of hydrogen-bond acceptors (Lipinski definition) is 7. The summed E-state index contributed by atoms with van der Waals surface area (Å²) in [7, 11) is -1.73. The maximum absolute atomic E-state index is 12.6. The van der Waals surface area contributed by atoms with Gasteiger partial charge < -0.3 is 14.8 Å². The highest BCUT2D eigenvalue weighted by atomic mass is 32.2. The quantitative estimate of drug-likeness (QED) is 0.703. The second-order valence-corrected chi connectivity index (χ2v) is 9.42. The fourth-order valence-corrected chi connectivity index (χ4v) is 4.64. The Kier molecular flexibility index (Phi) is 5.28. The molecular formula is C18H23N5O6S. The highest BCUT2D eigenvalue weighted by Gasteiger charge is 2.30. The lowest BCUT2D eigenvalue weighted by atomic mass is 9.99. The number of amides is 1. The van der Waals surface area contributed by atoms with Crippen LogP contribution in [0.15, 0.2) is 23.0 Å². The Morgan fingerprint density at radius 1 is 1.30 bits per heavy atom. The minimum absolute atomic E-state index is 0.136. The molecule has 1 aromatic carbocycles. The van der Waals surface area contributed by atoms with Crippen LogP contribution in [0.1, 0.15) is 24.6 Å². The van der Waals surface area contributed by atoms with E-state index in [1.165, 1.54) is 15.1 Å². The Balaban J connectivity index is 1.48. The lowest BCUT2D eigenvalue weighted by Crippen LogP contribution is -2.39. The van der Waals surface area contributed by atoms with Crippen molar-refractivity contribution in [3.05, 3.63) is 34.5 Å². The van der Waals surface area contributed by atoms with E-state index in [1.54, 1.807) is 25.2 Å². The van der Waals surface area contributed by atoms with Crippen LogP contribution in [0.3, 0.4) is 0 Å². The molecule has 2 aliphatic rings. The zero-order valence-corrected chi connectivity index (χ0v) is 17.5. The third-order valence-electron chi connectivity index (χ3n) is 5.24. The number of fused-ring (bicyclic) bond motifs is 1. The van der Waals surface area contributed by atoms with Gasteiger partial charge in [-0.3, -0.25) is 9.36 Å². The maximum atomic E-state index is 12.6. The molecule has 4 rings (SSSR count). The van der Waals surface area contributed by atoms with E-state index in [9.17, 15) is 18.0 Å². The van der Waals surface area contributed by atoms with Crippen molar-refractivity contribution in [1.82, 2.24) is 18.7 Å². The van der Waals surface area contributed by atoms with Gasteiger partial charge in [-0.15, -0.1) is 0 Å². The van der Waals surface area contributed by atoms with Crippen molar-refractivity contribution in [2.75, 3.05) is 31.5 Å². The number of rotatable bonds is 5. The van der Waals surface area contributed by atoms with Gasteiger partial charge in [0.2, 0.25) is 22.7 Å². The van der Waals surface area contributed by atoms with Gasteiger partial charge in [0.05, 0.1) is 6.26 Å². The van der Waals surface area contributed by atoms with E-state index in [4.69, 9.17) is 9.47 Å². The fraction of sp³-hybridized carbons (Fsp3) is 0.500. The number of ether oxygens (including phenoxy) is 2. The van der Waals surface area contributed by atoms with Crippen LogP contribution in [0.5, 0.6) is 11.5 Å². The summed E-state index contributed by atoms with van der Waals surface area (Å²) in [5.74, 6) is 1.00. The topological polar surface area (TPSA) is 125 Å². The number of nitrogens with zero attached hydrogens (tertiary/aromatic N) is 4. The molecule has 3 heterocycles. The summed E-state index contributed by atoms with van der Waals surface area (Å²) < 4.78 is 38.1. The molecule has 0 aliphatic carbocycles. The van der Waals surface area contributed by atoms with Crippen molar-refractivity contribution in [3.8, 4) is 11.5 Å². The number of aromatic nitrogens is 3. The molecule has 0 spiro atoms. The first-order valence-corrected chi connectivity index (χ1v) is 11.4. The second-order valence-electron chi connectivity index (χ2n) is 7.43. The third-order valence-corrected chi connectivity index (χ3v) is 6.51. The van der Waals surface area contributed by atoms with Crippen molar-refractivity contribution in [2.45, 2.75) is 25.3 Å². The van der Waals surface area contributed by atoms with Gasteiger partial charge >= 0.3 is 5.69 Å². The SMILES string of the molecule is Cn1c([C@@H]2CCCN(S(C)(=O)=O)C2)nn(CC(=O)Nc2ccc3c(c2)OCO3)c1=O. The fourth-order valence-electron chi connectivity index (χ4n) is 3.73. The number of benzene rings is 1. The molecule has 1 atom stereocenters. The molecule has 11 nitrogen and oxygen atoms in total. The molecule has 2 aliphatic heterocycles. The number of carbonyl (C=O) groups is 1. The Hall–Kier alpha value is -2.86. The van der Waals surface area contributed by atoms with Crippen LogP contribution in [0.4, 0.5) is 5.69 Å². The molecule has 0 radical (unpaired) electrons. The first-order chi connectivity index (χ1) is 14.2. The summed E-state index contributed by atoms with van der Waals surface area (Å²) in [6.45, 7) is 0.606. The molecule has 30 heavy (non-hydrogen) atoms. The summed E-state index contributed by atoms with van der Waals surface area (Å²) in [4.78, 5) is 25.0. The molecule has 0 unspecified atom stereocenters. The van der Waals surface area contributed by atoms with Gasteiger partial charge in [-0.1, -0.05) is 0 Å². The highest BCUT2D eigenvalue weighted by molar-refractivity contribution is 7.88.